The van der Waals surface area contributed by atoms with E-state index in [1.54, 1.807) is 19.1 Å². The van der Waals surface area contributed by atoms with E-state index in [-0.39, 0.29) is 10.4 Å². The Kier molecular flexibility index (Phi) is 1.83. The molecule has 0 aliphatic carbocycles. The molecule has 1 aromatic heterocycles. The second kappa shape index (κ2) is 2.79. The normalized spacial score (nSPS) is 12.1. The van der Waals surface area contributed by atoms with Gasteiger partial charge in [0.25, 0.3) is 10.1 Å². The molecule has 0 unspecified atom stereocenters. The highest BCUT2D eigenvalue weighted by atomic mass is 32.2. The van der Waals surface area contributed by atoms with Gasteiger partial charge in [-0.05, 0) is 19.1 Å². The van der Waals surface area contributed by atoms with E-state index in [2.05, 4.69) is 9.97 Å². The summed E-state index contributed by atoms with van der Waals surface area (Å²) in [6.45, 7) is 1.72. The van der Waals surface area contributed by atoms with E-state index in [1.807, 2.05) is 0 Å². The minimum atomic E-state index is -4.20. The highest BCUT2D eigenvalue weighted by Gasteiger charge is 2.15. The number of para-hydroxylation sites is 1. The summed E-state index contributed by atoms with van der Waals surface area (Å²) >= 11 is 0. The molecular weight excluding hydrogens is 204 g/mol. The molecule has 14 heavy (non-hydrogen) atoms. The molecule has 2 aromatic rings. The molecule has 5 nitrogen and oxygen atoms in total. The van der Waals surface area contributed by atoms with Crippen molar-refractivity contribution >= 4 is 21.2 Å². The maximum absolute atomic E-state index is 11.0. The van der Waals surface area contributed by atoms with Crippen LogP contribution in [-0.2, 0) is 10.1 Å². The minimum Gasteiger partial charge on any atom is -0.342 e. The number of H-pyrrole nitrogens is 1. The van der Waals surface area contributed by atoms with Crippen molar-refractivity contribution in [3.63, 3.8) is 0 Å². The lowest BCUT2D eigenvalue weighted by atomic mass is 10.3. The minimum absolute atomic E-state index is 0.167. The summed E-state index contributed by atoms with van der Waals surface area (Å²) in [6, 6.07) is 4.56. The van der Waals surface area contributed by atoms with Crippen LogP contribution in [0.4, 0.5) is 0 Å². The van der Waals surface area contributed by atoms with E-state index < -0.39 is 10.1 Å². The van der Waals surface area contributed by atoms with E-state index in [9.17, 15) is 8.42 Å². The standard InChI is InChI=1S/C8H8N2O3S/c1-5-9-6-3-2-4-7(8(6)10-5)14(11,12)13/h2-4H,1H3,(H,9,10)(H,11,12,13). The van der Waals surface area contributed by atoms with Crippen LogP contribution < -0.4 is 0 Å². The molecule has 0 saturated heterocycles. The van der Waals surface area contributed by atoms with Gasteiger partial charge in [-0.2, -0.15) is 8.42 Å². The zero-order valence-corrected chi connectivity index (χ0v) is 8.17. The van der Waals surface area contributed by atoms with Gasteiger partial charge >= 0.3 is 0 Å². The fourth-order valence-electron chi connectivity index (χ4n) is 1.34. The number of aromatic amines is 1. The average molecular weight is 212 g/mol. The number of nitrogens with zero attached hydrogens (tertiary/aromatic N) is 1. The second-order valence-electron chi connectivity index (χ2n) is 2.95. The summed E-state index contributed by atoms with van der Waals surface area (Å²) in [6.07, 6.45) is 0. The number of hydrogen-bond acceptors (Lipinski definition) is 3. The molecule has 6 heteroatoms. The molecule has 0 fully saturated rings. The summed E-state index contributed by atoms with van der Waals surface area (Å²) in [7, 11) is -4.20. The maximum atomic E-state index is 11.0. The first kappa shape index (κ1) is 9.17. The summed E-state index contributed by atoms with van der Waals surface area (Å²) in [5.41, 5.74) is 0.866. The predicted octanol–water partition coefficient (Wildman–Crippen LogP) is 1.12. The predicted molar refractivity (Wildman–Crippen MR) is 50.6 cm³/mol. The van der Waals surface area contributed by atoms with Gasteiger partial charge in [-0.25, -0.2) is 4.98 Å². The van der Waals surface area contributed by atoms with E-state index in [0.29, 0.717) is 11.3 Å². The van der Waals surface area contributed by atoms with E-state index in [4.69, 9.17) is 4.55 Å². The fraction of sp³-hybridized carbons (Fsp3) is 0.125. The van der Waals surface area contributed by atoms with Crippen LogP contribution >= 0.6 is 0 Å². The molecule has 0 aliphatic heterocycles. The van der Waals surface area contributed by atoms with Crippen LogP contribution in [0.1, 0.15) is 5.82 Å². The smallest absolute Gasteiger partial charge is 0.296 e. The summed E-state index contributed by atoms with van der Waals surface area (Å²) in [5, 5.41) is 0. The van der Waals surface area contributed by atoms with Crippen LogP contribution in [0.15, 0.2) is 23.1 Å². The number of benzene rings is 1. The molecule has 0 atom stereocenters. The number of aromatic nitrogens is 2. The molecule has 0 saturated carbocycles. The third-order valence-corrected chi connectivity index (χ3v) is 2.76. The van der Waals surface area contributed by atoms with Crippen LogP contribution in [0.25, 0.3) is 11.0 Å². The Bertz CT molecular complexity index is 586. The number of rotatable bonds is 1. The van der Waals surface area contributed by atoms with Gasteiger partial charge in [-0.3, -0.25) is 4.55 Å². The first-order chi connectivity index (χ1) is 6.48. The molecule has 0 aliphatic rings. The zero-order valence-electron chi connectivity index (χ0n) is 7.35. The van der Waals surface area contributed by atoms with Crippen LogP contribution in [-0.4, -0.2) is 22.9 Å². The van der Waals surface area contributed by atoms with Crippen LogP contribution in [0.3, 0.4) is 0 Å². The number of imidazole rings is 1. The highest BCUT2D eigenvalue weighted by Crippen LogP contribution is 2.20. The fourth-order valence-corrected chi connectivity index (χ4v) is 1.99. The third-order valence-electron chi connectivity index (χ3n) is 1.87. The quantitative estimate of drug-likeness (QED) is 0.694. The zero-order chi connectivity index (χ0) is 10.3. The SMILES string of the molecule is Cc1nc2c(S(=O)(=O)O)cccc2[nH]1. The van der Waals surface area contributed by atoms with Crippen molar-refractivity contribution in [3.8, 4) is 0 Å². The third kappa shape index (κ3) is 1.38. The van der Waals surface area contributed by atoms with Gasteiger partial charge < -0.3 is 4.98 Å². The van der Waals surface area contributed by atoms with Gasteiger partial charge in [0.05, 0.1) is 5.52 Å². The molecule has 0 bridgehead atoms. The summed E-state index contributed by atoms with van der Waals surface area (Å²) in [4.78, 5) is 6.70. The molecular formula is C8H8N2O3S. The van der Waals surface area contributed by atoms with Gasteiger partial charge in [0.1, 0.15) is 16.2 Å². The van der Waals surface area contributed by atoms with Gasteiger partial charge in [0.15, 0.2) is 0 Å². The Balaban J connectivity index is 2.90. The van der Waals surface area contributed by atoms with Crippen molar-refractivity contribution in [1.82, 2.24) is 9.97 Å². The molecule has 74 valence electrons. The lowest BCUT2D eigenvalue weighted by Gasteiger charge is -1.96. The first-order valence-corrected chi connectivity index (χ1v) is 5.35. The lowest BCUT2D eigenvalue weighted by Crippen LogP contribution is -1.98. The Labute approximate surface area is 80.5 Å². The van der Waals surface area contributed by atoms with Crippen molar-refractivity contribution in [2.75, 3.05) is 0 Å². The van der Waals surface area contributed by atoms with Crippen molar-refractivity contribution in [2.45, 2.75) is 11.8 Å². The van der Waals surface area contributed by atoms with Crippen LogP contribution in [0.5, 0.6) is 0 Å². The van der Waals surface area contributed by atoms with E-state index >= 15 is 0 Å². The number of hydrogen-bond donors (Lipinski definition) is 2. The monoisotopic (exact) mass is 212 g/mol. The molecule has 2 rings (SSSR count). The van der Waals surface area contributed by atoms with Crippen molar-refractivity contribution in [3.05, 3.63) is 24.0 Å². The Morgan fingerprint density at radius 2 is 2.14 bits per heavy atom. The van der Waals surface area contributed by atoms with Gasteiger partial charge in [-0.15, -0.1) is 0 Å². The Hall–Kier alpha value is -1.40. The highest BCUT2D eigenvalue weighted by molar-refractivity contribution is 7.86. The lowest BCUT2D eigenvalue weighted by molar-refractivity contribution is 0.484. The largest absolute Gasteiger partial charge is 0.342 e. The average Bonchev–Trinajstić information content (AvgIpc) is 2.41. The summed E-state index contributed by atoms with van der Waals surface area (Å²) in [5.74, 6) is 0.608. The van der Waals surface area contributed by atoms with Crippen LogP contribution in [0, 0.1) is 6.92 Å². The van der Waals surface area contributed by atoms with Gasteiger partial charge in [0.2, 0.25) is 0 Å². The number of fused-ring (bicyclic) bond motifs is 1. The Morgan fingerprint density at radius 3 is 2.79 bits per heavy atom. The first-order valence-electron chi connectivity index (χ1n) is 3.91. The number of aryl methyl sites for hydroxylation is 1. The van der Waals surface area contributed by atoms with E-state index in [1.165, 1.54) is 6.07 Å². The van der Waals surface area contributed by atoms with Gasteiger partial charge in [0, 0.05) is 0 Å². The molecule has 0 radical (unpaired) electrons. The topological polar surface area (TPSA) is 83.1 Å². The summed E-state index contributed by atoms with van der Waals surface area (Å²) < 4.78 is 30.8. The van der Waals surface area contributed by atoms with E-state index in [0.717, 1.165) is 0 Å². The van der Waals surface area contributed by atoms with Gasteiger partial charge in [-0.1, -0.05) is 6.07 Å². The van der Waals surface area contributed by atoms with Crippen molar-refractivity contribution < 1.29 is 13.0 Å². The number of nitrogens with one attached hydrogen (secondary N) is 1. The second-order valence-corrected chi connectivity index (χ2v) is 4.34. The molecule has 0 amide bonds. The van der Waals surface area contributed by atoms with Crippen LogP contribution in [0.2, 0.25) is 0 Å². The molecule has 2 N–H and O–H groups in total. The van der Waals surface area contributed by atoms with Crippen molar-refractivity contribution in [1.29, 1.82) is 0 Å². The molecule has 1 heterocycles. The molecule has 1 aromatic carbocycles. The molecule has 0 spiro atoms. The Morgan fingerprint density at radius 1 is 1.43 bits per heavy atom. The van der Waals surface area contributed by atoms with Crippen molar-refractivity contribution in [2.24, 2.45) is 0 Å². The maximum Gasteiger partial charge on any atom is 0.296 e.